The van der Waals surface area contributed by atoms with Gasteiger partial charge in [-0.2, -0.15) is 0 Å². The Morgan fingerprint density at radius 2 is 2.04 bits per heavy atom. The fraction of sp³-hybridized carbons (Fsp3) is 0.263. The van der Waals surface area contributed by atoms with Crippen LogP contribution < -0.4 is 10.3 Å². The molecule has 0 bridgehead atoms. The Morgan fingerprint density at radius 1 is 1.32 bits per heavy atom. The number of allylic oxidation sites excluding steroid dienone is 1. The van der Waals surface area contributed by atoms with Crippen LogP contribution in [0.15, 0.2) is 52.9 Å². The maximum atomic E-state index is 13.2. The van der Waals surface area contributed by atoms with Gasteiger partial charge in [0.1, 0.15) is 4.83 Å². The van der Waals surface area contributed by atoms with E-state index in [-0.39, 0.29) is 12.1 Å². The van der Waals surface area contributed by atoms with Crippen LogP contribution in [0.5, 0.6) is 0 Å². The maximum Gasteiger partial charge on any atom is 0.263 e. The molecule has 0 spiro atoms. The molecular weight excluding hydrogens is 414 g/mol. The third-order valence-electron chi connectivity index (χ3n) is 4.06. The van der Waals surface area contributed by atoms with Crippen molar-refractivity contribution in [2.75, 3.05) is 18.6 Å². The predicted molar refractivity (Wildman–Crippen MR) is 118 cm³/mol. The second-order valence-corrected chi connectivity index (χ2v) is 10.1. The number of aryl methyl sites for hydroxylation is 1. The lowest BCUT2D eigenvalue weighted by Crippen LogP contribution is -2.26. The molecule has 0 amide bonds. The van der Waals surface area contributed by atoms with Crippen LogP contribution in [0.4, 0.5) is 0 Å². The molecule has 0 aliphatic heterocycles. The molecular formula is C19H21N3O3S3. The highest BCUT2D eigenvalue weighted by atomic mass is 32.2. The van der Waals surface area contributed by atoms with Crippen molar-refractivity contribution in [2.24, 2.45) is 0 Å². The van der Waals surface area contributed by atoms with Gasteiger partial charge in [-0.3, -0.25) is 9.36 Å². The van der Waals surface area contributed by atoms with Crippen molar-refractivity contribution in [1.29, 1.82) is 0 Å². The van der Waals surface area contributed by atoms with Gasteiger partial charge in [-0.05, 0) is 18.1 Å². The van der Waals surface area contributed by atoms with Crippen molar-refractivity contribution in [3.8, 4) is 10.4 Å². The van der Waals surface area contributed by atoms with Crippen molar-refractivity contribution >= 4 is 43.3 Å². The summed E-state index contributed by atoms with van der Waals surface area (Å²) in [4.78, 5) is 19.6. The molecule has 0 saturated carbocycles. The van der Waals surface area contributed by atoms with Crippen molar-refractivity contribution in [2.45, 2.75) is 18.6 Å². The van der Waals surface area contributed by atoms with Crippen LogP contribution in [0.1, 0.15) is 5.56 Å². The summed E-state index contributed by atoms with van der Waals surface area (Å²) in [6.07, 6.45) is 2.78. The molecule has 0 fully saturated rings. The van der Waals surface area contributed by atoms with Gasteiger partial charge in [0.25, 0.3) is 5.56 Å². The molecule has 2 aromatic heterocycles. The number of hydrogen-bond acceptors (Lipinski definition) is 6. The largest absolute Gasteiger partial charge is 0.283 e. The van der Waals surface area contributed by atoms with E-state index < -0.39 is 10.0 Å². The second-order valence-electron chi connectivity index (χ2n) is 6.22. The van der Waals surface area contributed by atoms with E-state index in [0.29, 0.717) is 27.7 Å². The highest BCUT2D eigenvalue weighted by Gasteiger charge is 2.18. The summed E-state index contributed by atoms with van der Waals surface area (Å²) in [6.45, 7) is 6.30. The zero-order chi connectivity index (χ0) is 20.3. The van der Waals surface area contributed by atoms with E-state index in [1.165, 1.54) is 23.1 Å². The molecule has 0 unspecified atom stereocenters. The number of sulfonamides is 1. The van der Waals surface area contributed by atoms with Gasteiger partial charge in [0.2, 0.25) is 10.0 Å². The first-order valence-corrected chi connectivity index (χ1v) is 12.3. The van der Waals surface area contributed by atoms with Crippen LogP contribution in [0.3, 0.4) is 0 Å². The van der Waals surface area contributed by atoms with E-state index in [9.17, 15) is 13.2 Å². The number of nitrogens with zero attached hydrogens (tertiary/aromatic N) is 2. The van der Waals surface area contributed by atoms with Gasteiger partial charge < -0.3 is 0 Å². The van der Waals surface area contributed by atoms with Gasteiger partial charge >= 0.3 is 0 Å². The molecule has 3 rings (SSSR count). The normalized spacial score (nSPS) is 11.8. The highest BCUT2D eigenvalue weighted by molar-refractivity contribution is 7.99. The average molecular weight is 436 g/mol. The first-order valence-electron chi connectivity index (χ1n) is 8.59. The molecule has 6 nitrogen and oxygen atoms in total. The summed E-state index contributed by atoms with van der Waals surface area (Å²) in [5.74, 6) is 0.470. The second kappa shape index (κ2) is 8.60. The summed E-state index contributed by atoms with van der Waals surface area (Å²) in [5.41, 5.74) is 1.89. The third-order valence-corrected chi connectivity index (χ3v) is 7.00. The Morgan fingerprint density at radius 3 is 2.68 bits per heavy atom. The number of aromatic nitrogens is 2. The number of hydrogen-bond donors (Lipinski definition) is 1. The molecule has 148 valence electrons. The van der Waals surface area contributed by atoms with Crippen LogP contribution in [-0.2, 0) is 16.6 Å². The van der Waals surface area contributed by atoms with Crippen LogP contribution in [0.2, 0.25) is 0 Å². The molecule has 28 heavy (non-hydrogen) atoms. The zero-order valence-corrected chi connectivity index (χ0v) is 18.1. The van der Waals surface area contributed by atoms with Crippen molar-refractivity contribution in [1.82, 2.24) is 14.3 Å². The predicted octanol–water partition coefficient (Wildman–Crippen LogP) is 3.26. The minimum atomic E-state index is -3.24. The summed E-state index contributed by atoms with van der Waals surface area (Å²) in [6, 6.07) is 9.94. The third kappa shape index (κ3) is 4.54. The number of thiophene rings is 1. The van der Waals surface area contributed by atoms with Gasteiger partial charge in [0.05, 0.1) is 11.6 Å². The van der Waals surface area contributed by atoms with Crippen molar-refractivity contribution < 1.29 is 8.42 Å². The molecule has 1 aromatic carbocycles. The van der Waals surface area contributed by atoms with E-state index in [1.807, 2.05) is 37.3 Å². The zero-order valence-electron chi connectivity index (χ0n) is 15.6. The van der Waals surface area contributed by atoms with E-state index in [2.05, 4.69) is 11.3 Å². The van der Waals surface area contributed by atoms with Crippen molar-refractivity contribution in [3.63, 3.8) is 0 Å². The van der Waals surface area contributed by atoms with Crippen LogP contribution >= 0.6 is 23.1 Å². The Hall–Kier alpha value is -1.94. The molecule has 9 heteroatoms. The summed E-state index contributed by atoms with van der Waals surface area (Å²) >= 11 is 2.85. The topological polar surface area (TPSA) is 81.1 Å². The Kier molecular flexibility index (Phi) is 6.39. The van der Waals surface area contributed by atoms with Crippen LogP contribution in [-0.4, -0.2) is 36.5 Å². The summed E-state index contributed by atoms with van der Waals surface area (Å²) in [7, 11) is -3.24. The number of rotatable bonds is 8. The lowest BCUT2D eigenvalue weighted by Gasteiger charge is -2.10. The van der Waals surface area contributed by atoms with Crippen LogP contribution in [0, 0.1) is 6.92 Å². The minimum Gasteiger partial charge on any atom is -0.283 e. The summed E-state index contributed by atoms with van der Waals surface area (Å²) in [5, 5.41) is 1.19. The quantitative estimate of drug-likeness (QED) is 0.254. The van der Waals surface area contributed by atoms with Gasteiger partial charge in [0, 0.05) is 23.7 Å². The first kappa shape index (κ1) is 20.8. The summed E-state index contributed by atoms with van der Waals surface area (Å²) < 4.78 is 26.5. The van der Waals surface area contributed by atoms with E-state index in [4.69, 9.17) is 4.98 Å². The van der Waals surface area contributed by atoms with E-state index in [0.717, 1.165) is 22.3 Å². The van der Waals surface area contributed by atoms with Crippen molar-refractivity contribution in [3.05, 3.63) is 58.9 Å². The lowest BCUT2D eigenvalue weighted by molar-refractivity contribution is 0.590. The van der Waals surface area contributed by atoms with Gasteiger partial charge in [-0.15, -0.1) is 17.9 Å². The van der Waals surface area contributed by atoms with E-state index in [1.54, 1.807) is 10.6 Å². The molecule has 0 saturated heterocycles. The number of thioether (sulfide) groups is 1. The van der Waals surface area contributed by atoms with Crippen LogP contribution in [0.25, 0.3) is 20.7 Å². The van der Waals surface area contributed by atoms with E-state index >= 15 is 0 Å². The smallest absolute Gasteiger partial charge is 0.263 e. The SMILES string of the molecule is C=CCn1c(SCCNS(C)(=O)=O)nc2sc(-c3ccccc3)c(C)c2c1=O. The van der Waals surface area contributed by atoms with Gasteiger partial charge in [-0.25, -0.2) is 18.1 Å². The molecule has 0 aliphatic rings. The first-order chi connectivity index (χ1) is 13.3. The minimum absolute atomic E-state index is 0.0978. The Labute approximate surface area is 172 Å². The molecule has 0 radical (unpaired) electrons. The molecule has 3 aromatic rings. The molecule has 0 atom stereocenters. The van der Waals surface area contributed by atoms with Gasteiger partial charge in [0.15, 0.2) is 5.16 Å². The molecule has 1 N–H and O–H groups in total. The lowest BCUT2D eigenvalue weighted by atomic mass is 10.1. The standard InChI is InChI=1S/C19H21N3O3S3/c1-4-11-22-18(23)15-13(2)16(14-8-6-5-7-9-14)27-17(15)21-19(22)26-12-10-20-28(3,24)25/h4-9,20H,1,10-12H2,2-3H3. The van der Waals surface area contributed by atoms with Gasteiger partial charge in [-0.1, -0.05) is 48.2 Å². The average Bonchev–Trinajstić information content (AvgIpc) is 2.98. The number of fused-ring (bicyclic) bond motifs is 1. The number of nitrogens with one attached hydrogen (secondary N) is 1. The Balaban J connectivity index is 2.03. The number of benzene rings is 1. The molecule has 0 aliphatic carbocycles. The fourth-order valence-corrected chi connectivity index (χ4v) is 5.53. The highest BCUT2D eigenvalue weighted by Crippen LogP contribution is 2.36. The maximum absolute atomic E-state index is 13.2. The fourth-order valence-electron chi connectivity index (χ4n) is 2.83. The monoisotopic (exact) mass is 435 g/mol. The Bertz CT molecular complexity index is 1170. The molecule has 2 heterocycles.